The summed E-state index contributed by atoms with van der Waals surface area (Å²) in [6, 6.07) is 14.9. The van der Waals surface area contributed by atoms with Crippen molar-refractivity contribution in [2.75, 3.05) is 25.0 Å². The number of ether oxygens (including phenoxy) is 2. The third kappa shape index (κ3) is 6.52. The quantitative estimate of drug-likeness (QED) is 0.426. The number of rotatable bonds is 7. The first kappa shape index (κ1) is 27.6. The smallest absolute Gasteiger partial charge is 0.276 e. The molecule has 0 unspecified atom stereocenters. The molecule has 0 radical (unpaired) electrons. The molecule has 2 fully saturated rings. The van der Waals surface area contributed by atoms with E-state index in [2.05, 4.69) is 17.1 Å². The van der Waals surface area contributed by atoms with Crippen LogP contribution in [-0.2, 0) is 20.9 Å². The Bertz CT molecular complexity index is 1030. The lowest BCUT2D eigenvalue weighted by atomic mass is 9.90. The first-order valence-electron chi connectivity index (χ1n) is 12.0. The third-order valence-corrected chi connectivity index (χ3v) is 7.44. The highest BCUT2D eigenvalue weighted by molar-refractivity contribution is 6.76. The van der Waals surface area contributed by atoms with Crippen molar-refractivity contribution >= 4 is 46.4 Å². The van der Waals surface area contributed by atoms with Gasteiger partial charge in [0.2, 0.25) is 0 Å². The van der Waals surface area contributed by atoms with Crippen molar-refractivity contribution in [1.29, 1.82) is 0 Å². The van der Waals surface area contributed by atoms with Gasteiger partial charge in [0.1, 0.15) is 0 Å². The molecule has 0 aliphatic carbocycles. The van der Waals surface area contributed by atoms with E-state index in [0.29, 0.717) is 17.8 Å². The summed E-state index contributed by atoms with van der Waals surface area (Å²) < 4.78 is 10.9. The van der Waals surface area contributed by atoms with Gasteiger partial charge in [0.25, 0.3) is 9.70 Å². The third-order valence-electron chi connectivity index (χ3n) is 6.92. The summed E-state index contributed by atoms with van der Waals surface area (Å²) in [5.74, 6) is -0.735. The van der Waals surface area contributed by atoms with Crippen molar-refractivity contribution in [3.05, 3.63) is 65.2 Å². The summed E-state index contributed by atoms with van der Waals surface area (Å²) in [4.78, 5) is 14.4. The molecule has 4 rings (SSSR count). The maximum absolute atomic E-state index is 12.1. The van der Waals surface area contributed by atoms with Crippen LogP contribution in [-0.4, -0.2) is 56.7 Å². The van der Waals surface area contributed by atoms with Gasteiger partial charge in [-0.1, -0.05) is 78.1 Å². The molecule has 2 aliphatic heterocycles. The van der Waals surface area contributed by atoms with E-state index >= 15 is 0 Å². The van der Waals surface area contributed by atoms with Crippen LogP contribution in [0.4, 0.5) is 5.69 Å². The summed E-state index contributed by atoms with van der Waals surface area (Å²) in [6.07, 6.45) is 0.875. The topological polar surface area (TPSA) is 91.3 Å². The average molecular weight is 558 g/mol. The minimum absolute atomic E-state index is 0.0217. The number of anilines is 1. The van der Waals surface area contributed by atoms with E-state index in [1.807, 2.05) is 30.3 Å². The number of carbonyl (C=O) groups is 1. The molecule has 1 amide bonds. The number of nitrogens with one attached hydrogen (secondary N) is 1. The number of carbonyl (C=O) groups excluding carboxylic acids is 1. The zero-order chi connectivity index (χ0) is 25.9. The molecule has 2 saturated heterocycles. The number of hydrogen-bond acceptors (Lipinski definition) is 6. The van der Waals surface area contributed by atoms with Crippen molar-refractivity contribution < 1.29 is 24.5 Å². The summed E-state index contributed by atoms with van der Waals surface area (Å²) in [6.45, 7) is 3.78. The number of amides is 1. The Morgan fingerprint density at radius 1 is 1.11 bits per heavy atom. The molecular weight excluding hydrogens is 527 g/mol. The van der Waals surface area contributed by atoms with E-state index in [0.717, 1.165) is 30.5 Å². The number of hydrogen-bond donors (Lipinski definition) is 3. The molecule has 10 heteroatoms. The second-order valence-corrected chi connectivity index (χ2v) is 11.7. The average Bonchev–Trinajstić information content (AvgIpc) is 3.32. The highest BCUT2D eigenvalue weighted by Crippen LogP contribution is 2.42. The first-order valence-corrected chi connectivity index (χ1v) is 13.2. The van der Waals surface area contributed by atoms with Gasteiger partial charge in [0, 0.05) is 29.8 Å². The number of aliphatic hydroxyl groups is 2. The maximum Gasteiger partial charge on any atom is 0.276 e. The first-order chi connectivity index (χ1) is 17.2. The highest BCUT2D eigenvalue weighted by atomic mass is 35.6. The molecule has 196 valence electrons. The Balaban J connectivity index is 1.60. The molecule has 5 atom stereocenters. The Hall–Kier alpha value is -1.42. The zero-order valence-electron chi connectivity index (χ0n) is 19.9. The predicted molar refractivity (Wildman–Crippen MR) is 140 cm³/mol. The lowest BCUT2D eigenvalue weighted by Crippen LogP contribution is -2.46. The van der Waals surface area contributed by atoms with Gasteiger partial charge >= 0.3 is 0 Å². The van der Waals surface area contributed by atoms with Crippen molar-refractivity contribution in [2.45, 2.75) is 54.7 Å². The molecule has 0 saturated carbocycles. The fourth-order valence-electron chi connectivity index (χ4n) is 4.87. The second-order valence-electron chi connectivity index (χ2n) is 9.37. The van der Waals surface area contributed by atoms with E-state index in [-0.39, 0.29) is 37.4 Å². The van der Waals surface area contributed by atoms with E-state index in [1.165, 1.54) is 0 Å². The fourth-order valence-corrected chi connectivity index (χ4v) is 5.01. The molecule has 2 aliphatic rings. The second kappa shape index (κ2) is 12.0. The number of likely N-dealkylation sites (tertiary alicyclic amines) is 1. The largest absolute Gasteiger partial charge is 0.395 e. The summed E-state index contributed by atoms with van der Waals surface area (Å²) in [7, 11) is 0. The molecule has 0 bridgehead atoms. The van der Waals surface area contributed by atoms with Crippen LogP contribution in [0.2, 0.25) is 0 Å². The Labute approximate surface area is 226 Å². The van der Waals surface area contributed by atoms with Gasteiger partial charge in [0.05, 0.1) is 25.4 Å². The molecule has 0 aromatic heterocycles. The SMILES string of the molecule is C[C@@H]1[C@H](CN2CCC[C@H]2CO)O[C@H](c2cccc(NC(=O)C(Cl)(Cl)Cl)c2)O[C@@H]1c1ccc(CO)cc1. The minimum Gasteiger partial charge on any atom is -0.395 e. The lowest BCUT2D eigenvalue weighted by molar-refractivity contribution is -0.276. The summed E-state index contributed by atoms with van der Waals surface area (Å²) in [5, 5.41) is 21.9. The van der Waals surface area contributed by atoms with Gasteiger partial charge in [-0.2, -0.15) is 0 Å². The van der Waals surface area contributed by atoms with Crippen LogP contribution in [0, 0.1) is 5.92 Å². The minimum atomic E-state index is -2.08. The Morgan fingerprint density at radius 3 is 2.53 bits per heavy atom. The molecule has 36 heavy (non-hydrogen) atoms. The van der Waals surface area contributed by atoms with Crippen LogP contribution in [0.15, 0.2) is 48.5 Å². The molecule has 7 nitrogen and oxygen atoms in total. The number of aliphatic hydroxyl groups excluding tert-OH is 2. The lowest BCUT2D eigenvalue weighted by Gasteiger charge is -2.43. The Morgan fingerprint density at radius 2 is 1.86 bits per heavy atom. The van der Waals surface area contributed by atoms with Gasteiger partial charge in [-0.15, -0.1) is 0 Å². The number of alkyl halides is 3. The van der Waals surface area contributed by atoms with E-state index < -0.39 is 16.0 Å². The number of benzene rings is 2. The van der Waals surface area contributed by atoms with Gasteiger partial charge < -0.3 is 25.0 Å². The van der Waals surface area contributed by atoms with Crippen molar-refractivity contribution in [1.82, 2.24) is 4.90 Å². The predicted octanol–water partition coefficient (Wildman–Crippen LogP) is 4.74. The van der Waals surface area contributed by atoms with E-state index in [4.69, 9.17) is 44.3 Å². The molecule has 2 aromatic rings. The molecule has 3 N–H and O–H groups in total. The highest BCUT2D eigenvalue weighted by Gasteiger charge is 2.40. The molecule has 2 heterocycles. The van der Waals surface area contributed by atoms with Crippen LogP contribution >= 0.6 is 34.8 Å². The zero-order valence-corrected chi connectivity index (χ0v) is 22.2. The van der Waals surface area contributed by atoms with Crippen LogP contribution in [0.1, 0.15) is 48.8 Å². The van der Waals surface area contributed by atoms with Gasteiger partial charge in [-0.25, -0.2) is 0 Å². The number of nitrogens with zero attached hydrogens (tertiary/aromatic N) is 1. The monoisotopic (exact) mass is 556 g/mol. The van der Waals surface area contributed by atoms with E-state index in [1.54, 1.807) is 18.2 Å². The van der Waals surface area contributed by atoms with E-state index in [9.17, 15) is 15.0 Å². The fraction of sp³-hybridized carbons (Fsp3) is 0.500. The molecular formula is C26H31Cl3N2O5. The summed E-state index contributed by atoms with van der Waals surface area (Å²) in [5.41, 5.74) is 2.98. The van der Waals surface area contributed by atoms with Crippen LogP contribution in [0.3, 0.4) is 0 Å². The van der Waals surface area contributed by atoms with Crippen molar-refractivity contribution in [3.63, 3.8) is 0 Å². The van der Waals surface area contributed by atoms with Gasteiger partial charge in [0.15, 0.2) is 6.29 Å². The van der Waals surface area contributed by atoms with Crippen LogP contribution in [0.25, 0.3) is 0 Å². The van der Waals surface area contributed by atoms with Crippen molar-refractivity contribution in [2.24, 2.45) is 5.92 Å². The van der Waals surface area contributed by atoms with Crippen molar-refractivity contribution in [3.8, 4) is 0 Å². The normalized spacial score (nSPS) is 27.2. The standard InChI is InChI=1S/C26H31Cl3N2O5/c1-16-22(13-31-11-3-6-21(31)15-33)35-24(36-23(16)18-9-7-17(14-32)8-10-18)19-4-2-5-20(12-19)30-25(34)26(27,28)29/h2,4-5,7-10,12,16,21-24,32-33H,3,6,11,13-15H2,1H3,(H,30,34)/t16-,21+,22+,23+,24+/m1/s1. The molecule has 0 spiro atoms. The van der Waals surface area contributed by atoms with Gasteiger partial charge in [-0.05, 0) is 42.6 Å². The molecule has 2 aromatic carbocycles. The maximum atomic E-state index is 12.1. The van der Waals surface area contributed by atoms with Crippen LogP contribution in [0.5, 0.6) is 0 Å². The number of halogens is 3. The van der Waals surface area contributed by atoms with Crippen LogP contribution < -0.4 is 5.32 Å². The Kier molecular flexibility index (Phi) is 9.18. The van der Waals surface area contributed by atoms with Gasteiger partial charge in [-0.3, -0.25) is 9.69 Å². The summed E-state index contributed by atoms with van der Waals surface area (Å²) >= 11 is 17.1.